The number of nitrogens with two attached hydrogens (primary N) is 1. The van der Waals surface area contributed by atoms with Crippen LogP contribution in [0.5, 0.6) is 0 Å². The van der Waals surface area contributed by atoms with Crippen LogP contribution in [0.1, 0.15) is 31.1 Å². The average Bonchev–Trinajstić information content (AvgIpc) is 2.29. The van der Waals surface area contributed by atoms with E-state index in [-0.39, 0.29) is 17.2 Å². The molecule has 0 atom stereocenters. The van der Waals surface area contributed by atoms with Crippen LogP contribution in [0.3, 0.4) is 0 Å². The molecule has 0 saturated heterocycles. The van der Waals surface area contributed by atoms with Gasteiger partial charge in [0.2, 0.25) is 0 Å². The maximum Gasteiger partial charge on any atom is 0.257 e. The van der Waals surface area contributed by atoms with Crippen molar-refractivity contribution in [3.8, 4) is 0 Å². The van der Waals surface area contributed by atoms with Gasteiger partial charge in [-0.3, -0.25) is 4.79 Å². The molecule has 0 aliphatic heterocycles. The van der Waals surface area contributed by atoms with Crippen LogP contribution in [0.15, 0.2) is 12.1 Å². The highest BCUT2D eigenvalue weighted by molar-refractivity contribution is 5.95. The Hall–Kier alpha value is -1.65. The summed E-state index contributed by atoms with van der Waals surface area (Å²) in [6, 6.07) is 1.75. The number of rotatable bonds is 4. The van der Waals surface area contributed by atoms with Crippen LogP contribution in [0.4, 0.5) is 14.5 Å². The van der Waals surface area contributed by atoms with Crippen molar-refractivity contribution in [2.75, 3.05) is 18.8 Å². The van der Waals surface area contributed by atoms with Crippen molar-refractivity contribution in [3.05, 3.63) is 29.3 Å². The summed E-state index contributed by atoms with van der Waals surface area (Å²) in [6.07, 6.45) is 0. The van der Waals surface area contributed by atoms with Crippen LogP contribution >= 0.6 is 0 Å². The van der Waals surface area contributed by atoms with E-state index < -0.39 is 17.5 Å². The third-order valence-corrected chi connectivity index (χ3v) is 2.55. The van der Waals surface area contributed by atoms with E-state index in [9.17, 15) is 13.6 Å². The number of benzene rings is 1. The number of nitrogen functional groups attached to an aromatic ring is 1. The van der Waals surface area contributed by atoms with E-state index in [0.29, 0.717) is 13.1 Å². The third kappa shape index (κ3) is 3.18. The lowest BCUT2D eigenvalue weighted by molar-refractivity contribution is 0.0740. The minimum atomic E-state index is -0.858. The average molecular weight is 256 g/mol. The molecule has 1 amide bonds. The van der Waals surface area contributed by atoms with Gasteiger partial charge in [0.25, 0.3) is 5.91 Å². The number of nitrogens with zero attached hydrogens (tertiary/aromatic N) is 1. The first-order valence-corrected chi connectivity index (χ1v) is 5.90. The van der Waals surface area contributed by atoms with Crippen LogP contribution in [0.25, 0.3) is 0 Å². The Balaban J connectivity index is 3.09. The summed E-state index contributed by atoms with van der Waals surface area (Å²) in [6.45, 7) is 6.62. The lowest BCUT2D eigenvalue weighted by atomic mass is 10.1. The molecule has 0 heterocycles. The van der Waals surface area contributed by atoms with Gasteiger partial charge in [0.15, 0.2) is 5.82 Å². The monoisotopic (exact) mass is 256 g/mol. The molecule has 1 aromatic carbocycles. The first-order chi connectivity index (χ1) is 8.36. The highest BCUT2D eigenvalue weighted by Gasteiger charge is 2.21. The molecule has 0 aromatic heterocycles. The molecule has 0 bridgehead atoms. The number of halogens is 2. The molecule has 0 spiro atoms. The molecule has 0 unspecified atom stereocenters. The van der Waals surface area contributed by atoms with Crippen molar-refractivity contribution in [2.45, 2.75) is 20.8 Å². The fourth-order valence-electron chi connectivity index (χ4n) is 1.73. The summed E-state index contributed by atoms with van der Waals surface area (Å²) in [7, 11) is 0. The van der Waals surface area contributed by atoms with Crippen LogP contribution in [0.2, 0.25) is 0 Å². The number of anilines is 1. The highest BCUT2D eigenvalue weighted by Crippen LogP contribution is 2.19. The first-order valence-electron chi connectivity index (χ1n) is 5.90. The summed E-state index contributed by atoms with van der Waals surface area (Å²) in [5.41, 5.74) is 4.66. The Kier molecular flexibility index (Phi) is 4.64. The van der Waals surface area contributed by atoms with Crippen molar-refractivity contribution in [2.24, 2.45) is 5.92 Å². The zero-order chi connectivity index (χ0) is 13.9. The summed E-state index contributed by atoms with van der Waals surface area (Å²) in [5.74, 6) is -1.85. The fourth-order valence-corrected chi connectivity index (χ4v) is 1.73. The Morgan fingerprint density at radius 2 is 2.00 bits per heavy atom. The molecule has 18 heavy (non-hydrogen) atoms. The van der Waals surface area contributed by atoms with Gasteiger partial charge >= 0.3 is 0 Å². The minimum Gasteiger partial charge on any atom is -0.396 e. The Morgan fingerprint density at radius 1 is 1.39 bits per heavy atom. The zero-order valence-corrected chi connectivity index (χ0v) is 10.8. The van der Waals surface area contributed by atoms with Crippen molar-refractivity contribution in [1.82, 2.24) is 4.90 Å². The quantitative estimate of drug-likeness (QED) is 0.842. The van der Waals surface area contributed by atoms with Gasteiger partial charge in [0.1, 0.15) is 5.82 Å². The molecule has 0 saturated carbocycles. The molecular weight excluding hydrogens is 238 g/mol. The SMILES string of the molecule is CCN(CC(C)C)C(=O)c1cc(F)cc(N)c1F. The summed E-state index contributed by atoms with van der Waals surface area (Å²) in [4.78, 5) is 13.6. The van der Waals surface area contributed by atoms with Gasteiger partial charge in [-0.05, 0) is 25.0 Å². The minimum absolute atomic E-state index is 0.253. The van der Waals surface area contributed by atoms with Crippen LogP contribution < -0.4 is 5.73 Å². The van der Waals surface area contributed by atoms with Crippen molar-refractivity contribution < 1.29 is 13.6 Å². The van der Waals surface area contributed by atoms with Crippen molar-refractivity contribution in [1.29, 1.82) is 0 Å². The first kappa shape index (κ1) is 14.4. The molecule has 0 fully saturated rings. The van der Waals surface area contributed by atoms with Gasteiger partial charge in [0.05, 0.1) is 11.3 Å². The predicted octanol–water partition coefficient (Wildman–Crippen LogP) is 2.67. The van der Waals surface area contributed by atoms with E-state index >= 15 is 0 Å². The topological polar surface area (TPSA) is 46.3 Å². The van der Waals surface area contributed by atoms with E-state index in [1.54, 1.807) is 6.92 Å². The molecule has 100 valence electrons. The van der Waals surface area contributed by atoms with Gasteiger partial charge in [-0.2, -0.15) is 0 Å². The second kappa shape index (κ2) is 5.80. The van der Waals surface area contributed by atoms with Crippen LogP contribution in [-0.2, 0) is 0 Å². The van der Waals surface area contributed by atoms with Crippen LogP contribution in [-0.4, -0.2) is 23.9 Å². The number of carbonyl (C=O) groups excluding carboxylic acids is 1. The number of carbonyl (C=O) groups is 1. The van der Waals surface area contributed by atoms with E-state index in [1.165, 1.54) is 4.90 Å². The third-order valence-electron chi connectivity index (χ3n) is 2.55. The fraction of sp³-hybridized carbons (Fsp3) is 0.462. The van der Waals surface area contributed by atoms with Crippen LogP contribution in [0, 0.1) is 17.6 Å². The van der Waals surface area contributed by atoms with E-state index in [0.717, 1.165) is 12.1 Å². The number of amides is 1. The number of hydrogen-bond acceptors (Lipinski definition) is 2. The lowest BCUT2D eigenvalue weighted by Crippen LogP contribution is -2.34. The van der Waals surface area contributed by atoms with E-state index in [4.69, 9.17) is 5.73 Å². The molecule has 0 aliphatic rings. The second-order valence-electron chi connectivity index (χ2n) is 4.59. The lowest BCUT2D eigenvalue weighted by Gasteiger charge is -2.23. The zero-order valence-electron chi connectivity index (χ0n) is 10.8. The van der Waals surface area contributed by atoms with Gasteiger partial charge in [-0.15, -0.1) is 0 Å². The normalized spacial score (nSPS) is 10.8. The standard InChI is InChI=1S/C13H18F2N2O/c1-4-17(7-8(2)3)13(18)10-5-9(14)6-11(16)12(10)15/h5-6,8H,4,7,16H2,1-3H3. The smallest absolute Gasteiger partial charge is 0.257 e. The molecule has 0 radical (unpaired) electrons. The molecule has 1 aromatic rings. The molecule has 3 nitrogen and oxygen atoms in total. The summed E-state index contributed by atoms with van der Waals surface area (Å²) in [5, 5.41) is 0. The summed E-state index contributed by atoms with van der Waals surface area (Å²) >= 11 is 0. The maximum absolute atomic E-state index is 13.7. The Morgan fingerprint density at radius 3 is 2.50 bits per heavy atom. The predicted molar refractivity (Wildman–Crippen MR) is 67.2 cm³/mol. The van der Waals surface area contributed by atoms with E-state index in [1.807, 2.05) is 13.8 Å². The van der Waals surface area contributed by atoms with Gasteiger partial charge in [-0.25, -0.2) is 8.78 Å². The van der Waals surface area contributed by atoms with Gasteiger partial charge in [0, 0.05) is 13.1 Å². The largest absolute Gasteiger partial charge is 0.396 e. The Bertz CT molecular complexity index is 447. The molecule has 0 aliphatic carbocycles. The van der Waals surface area contributed by atoms with Crippen molar-refractivity contribution >= 4 is 11.6 Å². The van der Waals surface area contributed by atoms with Crippen molar-refractivity contribution in [3.63, 3.8) is 0 Å². The van der Waals surface area contributed by atoms with Gasteiger partial charge < -0.3 is 10.6 Å². The van der Waals surface area contributed by atoms with E-state index in [2.05, 4.69) is 0 Å². The molecular formula is C13H18F2N2O. The summed E-state index contributed by atoms with van der Waals surface area (Å²) < 4.78 is 26.9. The van der Waals surface area contributed by atoms with Gasteiger partial charge in [-0.1, -0.05) is 13.8 Å². The Labute approximate surface area is 106 Å². The molecule has 2 N–H and O–H groups in total. The maximum atomic E-state index is 13.7. The molecule has 5 heteroatoms. The molecule has 1 rings (SSSR count). The second-order valence-corrected chi connectivity index (χ2v) is 4.59. The highest BCUT2D eigenvalue weighted by atomic mass is 19.1. The number of hydrogen-bond donors (Lipinski definition) is 1.